The molecule has 96 valence electrons. The van der Waals surface area contributed by atoms with Gasteiger partial charge in [0.2, 0.25) is 0 Å². The van der Waals surface area contributed by atoms with E-state index in [2.05, 4.69) is 0 Å². The SMILES string of the molecule is COc1ccc([C@@H](N)C2CCCC2)cc1F.Cl. The molecule has 1 atom stereocenters. The highest BCUT2D eigenvalue weighted by Gasteiger charge is 2.23. The summed E-state index contributed by atoms with van der Waals surface area (Å²) in [4.78, 5) is 0. The van der Waals surface area contributed by atoms with Crippen molar-refractivity contribution < 1.29 is 9.13 Å². The molecular weight excluding hydrogens is 241 g/mol. The first kappa shape index (κ1) is 14.3. The highest BCUT2D eigenvalue weighted by Crippen LogP contribution is 2.35. The van der Waals surface area contributed by atoms with Crippen molar-refractivity contribution in [2.75, 3.05) is 7.11 Å². The van der Waals surface area contributed by atoms with Crippen molar-refractivity contribution in [2.24, 2.45) is 11.7 Å². The molecule has 0 saturated heterocycles. The van der Waals surface area contributed by atoms with Crippen LogP contribution >= 0.6 is 12.4 Å². The van der Waals surface area contributed by atoms with Crippen LogP contribution in [0.4, 0.5) is 4.39 Å². The minimum atomic E-state index is -0.326. The maximum absolute atomic E-state index is 13.5. The van der Waals surface area contributed by atoms with Crippen LogP contribution in [0.25, 0.3) is 0 Å². The molecule has 0 bridgehead atoms. The Morgan fingerprint density at radius 3 is 2.53 bits per heavy atom. The van der Waals surface area contributed by atoms with Gasteiger partial charge in [-0.2, -0.15) is 0 Å². The summed E-state index contributed by atoms with van der Waals surface area (Å²) in [5, 5.41) is 0. The molecule has 1 fully saturated rings. The number of benzene rings is 1. The first-order valence-corrected chi connectivity index (χ1v) is 5.81. The number of nitrogens with two attached hydrogens (primary N) is 1. The van der Waals surface area contributed by atoms with E-state index in [9.17, 15) is 4.39 Å². The Hall–Kier alpha value is -0.800. The Balaban J connectivity index is 0.00000144. The van der Waals surface area contributed by atoms with Gasteiger partial charge in [0.15, 0.2) is 11.6 Å². The van der Waals surface area contributed by atoms with E-state index >= 15 is 0 Å². The third kappa shape index (κ3) is 3.11. The monoisotopic (exact) mass is 259 g/mol. The van der Waals surface area contributed by atoms with Gasteiger partial charge < -0.3 is 10.5 Å². The number of hydrogen-bond acceptors (Lipinski definition) is 2. The van der Waals surface area contributed by atoms with Crippen LogP contribution in [-0.4, -0.2) is 7.11 Å². The molecule has 2 N–H and O–H groups in total. The number of rotatable bonds is 3. The molecule has 1 aliphatic rings. The molecule has 0 amide bonds. The fourth-order valence-corrected chi connectivity index (χ4v) is 2.48. The van der Waals surface area contributed by atoms with Crippen LogP contribution in [0.2, 0.25) is 0 Å². The second-order valence-electron chi connectivity index (χ2n) is 4.46. The fourth-order valence-electron chi connectivity index (χ4n) is 2.48. The molecule has 0 radical (unpaired) electrons. The first-order valence-electron chi connectivity index (χ1n) is 5.81. The van der Waals surface area contributed by atoms with Crippen molar-refractivity contribution in [1.82, 2.24) is 0 Å². The topological polar surface area (TPSA) is 35.2 Å². The Kier molecular flexibility index (Phi) is 5.22. The van der Waals surface area contributed by atoms with Gasteiger partial charge in [-0.3, -0.25) is 0 Å². The predicted molar refractivity (Wildman–Crippen MR) is 69.1 cm³/mol. The smallest absolute Gasteiger partial charge is 0.165 e. The quantitative estimate of drug-likeness (QED) is 0.902. The van der Waals surface area contributed by atoms with E-state index < -0.39 is 0 Å². The lowest BCUT2D eigenvalue weighted by atomic mass is 9.92. The molecule has 0 aromatic heterocycles. The van der Waals surface area contributed by atoms with E-state index in [-0.39, 0.29) is 30.0 Å². The van der Waals surface area contributed by atoms with Gasteiger partial charge in [-0.05, 0) is 36.5 Å². The molecule has 17 heavy (non-hydrogen) atoms. The Bertz CT molecular complexity index is 366. The van der Waals surface area contributed by atoms with E-state index in [0.29, 0.717) is 5.92 Å². The highest BCUT2D eigenvalue weighted by atomic mass is 35.5. The summed E-state index contributed by atoms with van der Waals surface area (Å²) in [7, 11) is 1.47. The van der Waals surface area contributed by atoms with E-state index in [1.807, 2.05) is 6.07 Å². The van der Waals surface area contributed by atoms with Gasteiger partial charge in [-0.25, -0.2) is 4.39 Å². The third-order valence-corrected chi connectivity index (χ3v) is 3.47. The third-order valence-electron chi connectivity index (χ3n) is 3.47. The molecule has 0 unspecified atom stereocenters. The molecule has 1 aromatic rings. The van der Waals surface area contributed by atoms with Gasteiger partial charge >= 0.3 is 0 Å². The minimum Gasteiger partial charge on any atom is -0.494 e. The lowest BCUT2D eigenvalue weighted by Crippen LogP contribution is -2.19. The van der Waals surface area contributed by atoms with Crippen molar-refractivity contribution in [3.8, 4) is 5.75 Å². The van der Waals surface area contributed by atoms with Crippen molar-refractivity contribution in [3.63, 3.8) is 0 Å². The average molecular weight is 260 g/mol. The van der Waals surface area contributed by atoms with Crippen molar-refractivity contribution in [2.45, 2.75) is 31.7 Å². The molecule has 0 spiro atoms. The molecule has 1 saturated carbocycles. The van der Waals surface area contributed by atoms with Gasteiger partial charge in [0.1, 0.15) is 0 Å². The van der Waals surface area contributed by atoms with Crippen LogP contribution in [0.1, 0.15) is 37.3 Å². The summed E-state index contributed by atoms with van der Waals surface area (Å²) in [6.45, 7) is 0. The summed E-state index contributed by atoms with van der Waals surface area (Å²) < 4.78 is 18.4. The molecule has 1 aliphatic carbocycles. The van der Waals surface area contributed by atoms with E-state index in [0.717, 1.165) is 18.4 Å². The van der Waals surface area contributed by atoms with Gasteiger partial charge in [0.05, 0.1) is 7.11 Å². The standard InChI is InChI=1S/C13H18FNO.ClH/c1-16-12-7-6-10(8-11(12)14)13(15)9-4-2-3-5-9;/h6-9,13H,2-5,15H2,1H3;1H/t13-;/m0./s1. The van der Waals surface area contributed by atoms with Gasteiger partial charge in [-0.1, -0.05) is 18.9 Å². The molecular formula is C13H19ClFNO. The summed E-state index contributed by atoms with van der Waals surface area (Å²) in [6.07, 6.45) is 4.82. The summed E-state index contributed by atoms with van der Waals surface area (Å²) in [6, 6.07) is 4.98. The van der Waals surface area contributed by atoms with Gasteiger partial charge in [0, 0.05) is 6.04 Å². The van der Waals surface area contributed by atoms with E-state index in [1.165, 1.54) is 26.0 Å². The second-order valence-corrected chi connectivity index (χ2v) is 4.46. The van der Waals surface area contributed by atoms with E-state index in [4.69, 9.17) is 10.5 Å². The predicted octanol–water partition coefficient (Wildman–Crippen LogP) is 3.45. The Labute approximate surface area is 108 Å². The number of ether oxygens (including phenoxy) is 1. The Morgan fingerprint density at radius 2 is 2.00 bits per heavy atom. The fraction of sp³-hybridized carbons (Fsp3) is 0.538. The minimum absolute atomic E-state index is 0. The van der Waals surface area contributed by atoms with Crippen LogP contribution in [0.5, 0.6) is 5.75 Å². The van der Waals surface area contributed by atoms with E-state index in [1.54, 1.807) is 6.07 Å². The van der Waals surface area contributed by atoms with Crippen LogP contribution in [0.3, 0.4) is 0 Å². The number of methoxy groups -OCH3 is 1. The second kappa shape index (κ2) is 6.22. The van der Waals surface area contributed by atoms with Gasteiger partial charge in [0.25, 0.3) is 0 Å². The first-order chi connectivity index (χ1) is 7.72. The maximum Gasteiger partial charge on any atom is 0.165 e. The summed E-state index contributed by atoms with van der Waals surface area (Å²) in [5.74, 6) is 0.462. The zero-order valence-electron chi connectivity index (χ0n) is 9.99. The van der Waals surface area contributed by atoms with Gasteiger partial charge in [-0.15, -0.1) is 12.4 Å². The lowest BCUT2D eigenvalue weighted by molar-refractivity contribution is 0.384. The molecule has 0 heterocycles. The van der Waals surface area contributed by atoms with Crippen LogP contribution in [-0.2, 0) is 0 Å². The van der Waals surface area contributed by atoms with Crippen LogP contribution in [0.15, 0.2) is 18.2 Å². The molecule has 0 aliphatic heterocycles. The summed E-state index contributed by atoms with van der Waals surface area (Å²) in [5.41, 5.74) is 7.03. The normalized spacial score (nSPS) is 17.6. The highest BCUT2D eigenvalue weighted by molar-refractivity contribution is 5.85. The molecule has 1 aromatic carbocycles. The average Bonchev–Trinajstić information content (AvgIpc) is 2.81. The molecule has 2 nitrogen and oxygen atoms in total. The van der Waals surface area contributed by atoms with Crippen molar-refractivity contribution in [3.05, 3.63) is 29.6 Å². The molecule has 2 rings (SSSR count). The largest absolute Gasteiger partial charge is 0.494 e. The zero-order chi connectivity index (χ0) is 11.5. The lowest BCUT2D eigenvalue weighted by Gasteiger charge is -2.19. The van der Waals surface area contributed by atoms with Crippen LogP contribution in [0, 0.1) is 11.7 Å². The Morgan fingerprint density at radius 1 is 1.35 bits per heavy atom. The number of halogens is 2. The van der Waals surface area contributed by atoms with Crippen molar-refractivity contribution >= 4 is 12.4 Å². The summed E-state index contributed by atoms with van der Waals surface area (Å²) >= 11 is 0. The zero-order valence-corrected chi connectivity index (χ0v) is 10.8. The molecule has 4 heteroatoms. The van der Waals surface area contributed by atoms with Crippen LogP contribution < -0.4 is 10.5 Å². The maximum atomic E-state index is 13.5. The van der Waals surface area contributed by atoms with Crippen molar-refractivity contribution in [1.29, 1.82) is 0 Å². The number of hydrogen-bond donors (Lipinski definition) is 1.